The van der Waals surface area contributed by atoms with Gasteiger partial charge in [0.05, 0.1) is 57.2 Å². The van der Waals surface area contributed by atoms with Crippen molar-refractivity contribution in [3.8, 4) is 0 Å². The molecule has 0 saturated carbocycles. The summed E-state index contributed by atoms with van der Waals surface area (Å²) in [5.41, 5.74) is 4.30. The van der Waals surface area contributed by atoms with Crippen LogP contribution in [0.15, 0.2) is 64.2 Å². The van der Waals surface area contributed by atoms with E-state index < -0.39 is 18.5 Å². The summed E-state index contributed by atoms with van der Waals surface area (Å²) >= 11 is 0. The molecule has 4 aromatic rings. The second-order valence-corrected chi connectivity index (χ2v) is 10.7. The van der Waals surface area contributed by atoms with E-state index in [2.05, 4.69) is 0 Å². The highest BCUT2D eigenvalue weighted by atomic mass is 16.7. The summed E-state index contributed by atoms with van der Waals surface area (Å²) in [5, 5.41) is 1.65. The van der Waals surface area contributed by atoms with Crippen molar-refractivity contribution in [2.24, 2.45) is 0 Å². The number of aromatic nitrogens is 2. The van der Waals surface area contributed by atoms with Crippen LogP contribution in [0.5, 0.6) is 0 Å². The van der Waals surface area contributed by atoms with Crippen molar-refractivity contribution in [1.29, 1.82) is 0 Å². The van der Waals surface area contributed by atoms with Crippen molar-refractivity contribution in [2.75, 3.05) is 33.0 Å². The molecular weight excluding hydrogens is 580 g/mol. The molecular formula is C34H36N2O9. The lowest BCUT2D eigenvalue weighted by atomic mass is 10.1. The molecule has 2 saturated heterocycles. The van der Waals surface area contributed by atoms with Gasteiger partial charge < -0.3 is 32.8 Å². The van der Waals surface area contributed by atoms with E-state index in [-0.39, 0.29) is 11.1 Å². The SMILES string of the molecule is CCOC(=O)/C=C/c1cc(=O)n(CC2OCCO2)c2cc(C)ccc12.Cc1ccc2c(C=O)cc(=O)n(CC3OCCO3)c2c1. The Kier molecular flexibility index (Phi) is 10.4. The topological polar surface area (TPSA) is 124 Å². The highest BCUT2D eigenvalue weighted by Crippen LogP contribution is 2.22. The number of carbonyl (C=O) groups is 2. The van der Waals surface area contributed by atoms with Crippen molar-refractivity contribution in [3.05, 3.63) is 97.6 Å². The predicted molar refractivity (Wildman–Crippen MR) is 168 cm³/mol. The summed E-state index contributed by atoms with van der Waals surface area (Å²) in [7, 11) is 0. The Labute approximate surface area is 259 Å². The first-order valence-electron chi connectivity index (χ1n) is 14.8. The molecule has 2 aliphatic heterocycles. The third-order valence-corrected chi connectivity index (χ3v) is 7.46. The fourth-order valence-corrected chi connectivity index (χ4v) is 5.32. The molecule has 0 bridgehead atoms. The third kappa shape index (κ3) is 7.63. The van der Waals surface area contributed by atoms with Crippen LogP contribution in [0.2, 0.25) is 0 Å². The highest BCUT2D eigenvalue weighted by molar-refractivity contribution is 5.96. The number of carbonyl (C=O) groups excluding carboxylic acids is 2. The van der Waals surface area contributed by atoms with Crippen LogP contribution in [-0.2, 0) is 41.6 Å². The van der Waals surface area contributed by atoms with E-state index in [1.54, 1.807) is 22.1 Å². The van der Waals surface area contributed by atoms with Crippen LogP contribution in [0, 0.1) is 13.8 Å². The van der Waals surface area contributed by atoms with Crippen molar-refractivity contribution >= 4 is 40.1 Å². The molecule has 236 valence electrons. The maximum atomic E-state index is 12.6. The van der Waals surface area contributed by atoms with Crippen LogP contribution in [0.4, 0.5) is 0 Å². The van der Waals surface area contributed by atoms with Crippen LogP contribution >= 0.6 is 0 Å². The van der Waals surface area contributed by atoms with E-state index in [1.807, 2.05) is 50.2 Å². The van der Waals surface area contributed by atoms with Gasteiger partial charge in [0, 0.05) is 34.5 Å². The van der Waals surface area contributed by atoms with Crippen molar-refractivity contribution in [3.63, 3.8) is 0 Å². The molecule has 0 radical (unpaired) electrons. The Bertz CT molecular complexity index is 1850. The monoisotopic (exact) mass is 616 g/mol. The molecule has 2 aliphatic rings. The highest BCUT2D eigenvalue weighted by Gasteiger charge is 2.20. The molecule has 11 nitrogen and oxygen atoms in total. The lowest BCUT2D eigenvalue weighted by Crippen LogP contribution is -2.27. The molecule has 2 fully saturated rings. The van der Waals surface area contributed by atoms with E-state index >= 15 is 0 Å². The molecule has 2 aromatic carbocycles. The first-order chi connectivity index (χ1) is 21.8. The average Bonchev–Trinajstić information content (AvgIpc) is 3.74. The number of esters is 1. The number of benzene rings is 2. The number of nitrogens with zero attached hydrogens (tertiary/aromatic N) is 2. The molecule has 11 heteroatoms. The predicted octanol–water partition coefficient (Wildman–Crippen LogP) is 3.75. The maximum absolute atomic E-state index is 12.6. The first-order valence-corrected chi connectivity index (χ1v) is 14.8. The lowest BCUT2D eigenvalue weighted by Gasteiger charge is -2.16. The molecule has 4 heterocycles. The molecule has 0 aliphatic carbocycles. The minimum atomic E-state index is -0.431. The number of ether oxygens (including phenoxy) is 5. The van der Waals surface area contributed by atoms with Gasteiger partial charge in [-0.25, -0.2) is 4.79 Å². The van der Waals surface area contributed by atoms with Gasteiger partial charge >= 0.3 is 5.97 Å². The summed E-state index contributed by atoms with van der Waals surface area (Å²) < 4.78 is 29.9. The van der Waals surface area contributed by atoms with Crippen LogP contribution in [0.3, 0.4) is 0 Å². The second-order valence-electron chi connectivity index (χ2n) is 10.7. The Morgan fingerprint density at radius 3 is 1.71 bits per heavy atom. The van der Waals surface area contributed by atoms with Gasteiger partial charge in [0.25, 0.3) is 11.1 Å². The summed E-state index contributed by atoms with van der Waals surface area (Å²) in [6, 6.07) is 14.4. The van der Waals surface area contributed by atoms with Crippen LogP contribution < -0.4 is 11.1 Å². The number of aryl methyl sites for hydroxylation is 2. The maximum Gasteiger partial charge on any atom is 0.330 e. The zero-order valence-electron chi connectivity index (χ0n) is 25.5. The minimum Gasteiger partial charge on any atom is -0.463 e. The van der Waals surface area contributed by atoms with E-state index in [0.717, 1.165) is 32.9 Å². The van der Waals surface area contributed by atoms with Crippen LogP contribution in [0.25, 0.3) is 27.9 Å². The zero-order valence-corrected chi connectivity index (χ0v) is 25.5. The summed E-state index contributed by atoms with van der Waals surface area (Å²) in [4.78, 5) is 47.5. The van der Waals surface area contributed by atoms with Gasteiger partial charge in [-0.1, -0.05) is 24.3 Å². The molecule has 0 N–H and O–H groups in total. The van der Waals surface area contributed by atoms with Crippen LogP contribution in [0.1, 0.15) is 34.0 Å². The van der Waals surface area contributed by atoms with Gasteiger partial charge in [-0.05, 0) is 55.7 Å². The largest absolute Gasteiger partial charge is 0.463 e. The van der Waals surface area contributed by atoms with Crippen molar-refractivity contribution < 1.29 is 33.3 Å². The van der Waals surface area contributed by atoms with E-state index in [0.29, 0.717) is 63.5 Å². The Hall–Kier alpha value is -4.42. The Balaban J connectivity index is 0.000000182. The molecule has 6 rings (SSSR count). The number of rotatable bonds is 8. The summed E-state index contributed by atoms with van der Waals surface area (Å²) in [6.45, 7) is 8.81. The van der Waals surface area contributed by atoms with Gasteiger partial charge in [-0.3, -0.25) is 14.4 Å². The van der Waals surface area contributed by atoms with E-state index in [9.17, 15) is 19.2 Å². The van der Waals surface area contributed by atoms with Crippen LogP contribution in [-0.4, -0.2) is 67.0 Å². The van der Waals surface area contributed by atoms with Crippen molar-refractivity contribution in [1.82, 2.24) is 9.13 Å². The van der Waals surface area contributed by atoms with Crippen molar-refractivity contribution in [2.45, 2.75) is 46.4 Å². The minimum absolute atomic E-state index is 0.166. The van der Waals surface area contributed by atoms with Gasteiger partial charge in [0.2, 0.25) is 0 Å². The average molecular weight is 617 g/mol. The second kappa shape index (κ2) is 14.6. The Morgan fingerprint density at radius 1 is 0.778 bits per heavy atom. The standard InChI is InChI=1S/C19H21NO5.C15H15NO4/c1-3-23-18(22)7-5-14-11-17(21)20(12-19-24-8-9-25-19)16-10-13(2)4-6-15(14)16;1-10-2-3-12-11(9-17)7-14(18)16(13(12)6-10)8-15-19-4-5-20-15/h4-7,10-11,19H,3,8-9,12H2,1-2H3;2-3,6-7,9,15H,4-5,8H2,1H3/b7-5+;. The van der Waals surface area contributed by atoms with E-state index in [1.165, 1.54) is 18.2 Å². The third-order valence-electron chi connectivity index (χ3n) is 7.46. The fourth-order valence-electron chi connectivity index (χ4n) is 5.32. The summed E-state index contributed by atoms with van der Waals surface area (Å²) in [6.07, 6.45) is 2.85. The molecule has 45 heavy (non-hydrogen) atoms. The number of fused-ring (bicyclic) bond motifs is 2. The van der Waals surface area contributed by atoms with Gasteiger partial charge in [-0.2, -0.15) is 0 Å². The number of hydrogen-bond donors (Lipinski definition) is 0. The smallest absolute Gasteiger partial charge is 0.330 e. The molecule has 0 amide bonds. The Morgan fingerprint density at radius 2 is 1.24 bits per heavy atom. The molecule has 0 spiro atoms. The quantitative estimate of drug-likeness (QED) is 0.165. The zero-order chi connectivity index (χ0) is 31.9. The number of hydrogen-bond acceptors (Lipinski definition) is 9. The number of pyridine rings is 2. The molecule has 2 aromatic heterocycles. The molecule has 0 unspecified atom stereocenters. The van der Waals surface area contributed by atoms with Gasteiger partial charge in [0.15, 0.2) is 18.9 Å². The normalized spacial score (nSPS) is 15.5. The summed E-state index contributed by atoms with van der Waals surface area (Å²) in [5.74, 6) is -0.431. The fraction of sp³-hybridized carbons (Fsp3) is 0.353. The van der Waals surface area contributed by atoms with Gasteiger partial charge in [0.1, 0.15) is 0 Å². The molecule has 0 atom stereocenters. The lowest BCUT2D eigenvalue weighted by molar-refractivity contribution is -0.137. The first kappa shape index (κ1) is 32.0. The number of aldehydes is 1. The van der Waals surface area contributed by atoms with Gasteiger partial charge in [-0.15, -0.1) is 0 Å². The van der Waals surface area contributed by atoms with E-state index in [4.69, 9.17) is 23.7 Å².